The highest BCUT2D eigenvalue weighted by atomic mass is 16.6. The first-order chi connectivity index (χ1) is 13.0. The van der Waals surface area contributed by atoms with Gasteiger partial charge in [0.15, 0.2) is 5.49 Å². The van der Waals surface area contributed by atoms with E-state index in [0.29, 0.717) is 29.4 Å². The number of nitro groups is 1. The molecule has 0 aliphatic heterocycles. The average molecular weight is 376 g/mol. The summed E-state index contributed by atoms with van der Waals surface area (Å²) in [6.07, 6.45) is 1.16. The highest BCUT2D eigenvalue weighted by molar-refractivity contribution is 5.88. The van der Waals surface area contributed by atoms with Crippen molar-refractivity contribution in [3.63, 3.8) is 0 Å². The van der Waals surface area contributed by atoms with Crippen molar-refractivity contribution in [3.8, 4) is 5.75 Å². The van der Waals surface area contributed by atoms with Gasteiger partial charge in [0, 0.05) is 18.7 Å². The van der Waals surface area contributed by atoms with Gasteiger partial charge in [-0.05, 0) is 24.3 Å². The topological polar surface area (TPSA) is 128 Å². The van der Waals surface area contributed by atoms with Crippen LogP contribution in [-0.4, -0.2) is 47.1 Å². The third kappa shape index (κ3) is 6.78. The van der Waals surface area contributed by atoms with Crippen LogP contribution in [0.15, 0.2) is 47.6 Å². The molecule has 0 saturated heterocycles. The molecule has 0 aliphatic carbocycles. The Morgan fingerprint density at radius 1 is 1.26 bits per heavy atom. The highest BCUT2D eigenvalue weighted by Gasteiger charge is 2.05. The fraction of sp³-hybridized carbons (Fsp3) is 0.294. The number of amides is 1. The van der Waals surface area contributed by atoms with Crippen molar-refractivity contribution < 1.29 is 24.4 Å². The quantitative estimate of drug-likeness (QED) is 0.296. The second-order valence-corrected chi connectivity index (χ2v) is 5.39. The maximum atomic E-state index is 10.9. The van der Waals surface area contributed by atoms with E-state index in [2.05, 4.69) is 10.3 Å². The number of aromatic nitrogens is 1. The Bertz CT molecular complexity index is 847. The molecule has 0 bridgehead atoms. The van der Waals surface area contributed by atoms with Crippen LogP contribution in [0.1, 0.15) is 6.92 Å². The molecule has 0 saturated carbocycles. The molecule has 27 heavy (non-hydrogen) atoms. The fourth-order valence-corrected chi connectivity index (χ4v) is 2.08. The van der Waals surface area contributed by atoms with Crippen molar-refractivity contribution in [2.45, 2.75) is 6.92 Å². The molecule has 0 unspecified atom stereocenters. The van der Waals surface area contributed by atoms with Crippen molar-refractivity contribution in [1.29, 1.82) is 0 Å². The zero-order valence-corrected chi connectivity index (χ0v) is 14.7. The summed E-state index contributed by atoms with van der Waals surface area (Å²) in [6, 6.07) is 9.30. The monoisotopic (exact) mass is 376 g/mol. The van der Waals surface area contributed by atoms with Gasteiger partial charge in [-0.25, -0.2) is 0 Å². The Labute approximate surface area is 154 Å². The Morgan fingerprint density at radius 3 is 2.67 bits per heavy atom. The third-order valence-corrected chi connectivity index (χ3v) is 3.29. The number of nitrogens with zero attached hydrogens (tertiary/aromatic N) is 3. The number of hydrogen-bond acceptors (Lipinski definition) is 7. The van der Waals surface area contributed by atoms with E-state index in [1.807, 2.05) is 0 Å². The van der Waals surface area contributed by atoms with Crippen LogP contribution in [0.2, 0.25) is 0 Å². The van der Waals surface area contributed by atoms with Crippen LogP contribution in [0.25, 0.3) is 0 Å². The molecule has 1 aromatic heterocycles. The molecule has 0 fully saturated rings. The summed E-state index contributed by atoms with van der Waals surface area (Å²) in [7, 11) is 0. The number of hydrogen-bond donors (Lipinski definition) is 2. The van der Waals surface area contributed by atoms with E-state index in [9.17, 15) is 20.1 Å². The summed E-state index contributed by atoms with van der Waals surface area (Å²) >= 11 is 0. The zero-order valence-electron chi connectivity index (χ0n) is 14.7. The Morgan fingerprint density at radius 2 is 2.00 bits per heavy atom. The van der Waals surface area contributed by atoms with Crippen LogP contribution in [0.4, 0.5) is 11.4 Å². The molecule has 10 heteroatoms. The van der Waals surface area contributed by atoms with Crippen molar-refractivity contribution in [2.24, 2.45) is 4.99 Å². The van der Waals surface area contributed by atoms with Gasteiger partial charge in [-0.1, -0.05) is 0 Å². The number of nitrogens with one attached hydrogen (secondary N) is 1. The van der Waals surface area contributed by atoms with E-state index in [-0.39, 0.29) is 30.2 Å². The molecule has 10 nitrogen and oxygen atoms in total. The number of carbonyl (C=O) groups excluding carboxylic acids is 1. The van der Waals surface area contributed by atoms with Gasteiger partial charge < -0.3 is 20.0 Å². The van der Waals surface area contributed by atoms with Crippen LogP contribution in [0, 0.1) is 10.1 Å². The molecule has 1 amide bonds. The second kappa shape index (κ2) is 9.92. The highest BCUT2D eigenvalue weighted by Crippen LogP contribution is 2.15. The van der Waals surface area contributed by atoms with Crippen molar-refractivity contribution in [2.75, 3.05) is 31.7 Å². The lowest BCUT2D eigenvalue weighted by atomic mass is 10.3. The standard InChI is InChI=1S/C17H20N4O6/c1-13(22)19-14-2-4-16(5-3-14)27-11-10-26-9-7-18-17-12-15(21(24)25)6-8-20(17)23/h2-6,8,12,23H,7,9-11H2,1H3,(H,19,22). The molecule has 2 rings (SSSR count). The normalized spacial score (nSPS) is 11.2. The molecule has 1 heterocycles. The minimum Gasteiger partial charge on any atom is -0.491 e. The van der Waals surface area contributed by atoms with Crippen molar-refractivity contribution >= 4 is 17.3 Å². The third-order valence-electron chi connectivity index (χ3n) is 3.29. The molecular weight excluding hydrogens is 356 g/mol. The summed E-state index contributed by atoms with van der Waals surface area (Å²) in [6.45, 7) is 2.60. The van der Waals surface area contributed by atoms with Crippen LogP contribution in [-0.2, 0) is 9.53 Å². The average Bonchev–Trinajstić information content (AvgIpc) is 2.63. The van der Waals surface area contributed by atoms with Gasteiger partial charge in [0.2, 0.25) is 5.91 Å². The summed E-state index contributed by atoms with van der Waals surface area (Å²) < 4.78 is 11.6. The van der Waals surface area contributed by atoms with E-state index in [1.165, 1.54) is 19.1 Å². The fourth-order valence-electron chi connectivity index (χ4n) is 2.08. The van der Waals surface area contributed by atoms with E-state index < -0.39 is 4.92 Å². The van der Waals surface area contributed by atoms with E-state index in [4.69, 9.17) is 9.47 Å². The maximum Gasteiger partial charge on any atom is 0.274 e. The number of anilines is 1. The molecule has 2 aromatic rings. The van der Waals surface area contributed by atoms with E-state index in [0.717, 1.165) is 6.20 Å². The van der Waals surface area contributed by atoms with E-state index >= 15 is 0 Å². The van der Waals surface area contributed by atoms with Crippen LogP contribution < -0.4 is 15.5 Å². The Hall–Kier alpha value is -3.40. The first-order valence-electron chi connectivity index (χ1n) is 8.11. The van der Waals surface area contributed by atoms with Gasteiger partial charge in [-0.3, -0.25) is 19.9 Å². The SMILES string of the molecule is CC(=O)Nc1ccc(OCCOCCN=c2cc([N+](=O)[O-])ccn2O)cc1. The molecular formula is C17H20N4O6. The lowest BCUT2D eigenvalue weighted by Gasteiger charge is -2.08. The molecule has 0 radical (unpaired) electrons. The van der Waals surface area contributed by atoms with Crippen molar-refractivity contribution in [3.05, 3.63) is 58.2 Å². The van der Waals surface area contributed by atoms with Crippen LogP contribution >= 0.6 is 0 Å². The predicted octanol–water partition coefficient (Wildman–Crippen LogP) is 1.59. The van der Waals surface area contributed by atoms with Crippen molar-refractivity contribution in [1.82, 2.24) is 4.73 Å². The number of benzene rings is 1. The summed E-state index contributed by atoms with van der Waals surface area (Å²) in [5.41, 5.74) is 0.608. The van der Waals surface area contributed by atoms with Crippen LogP contribution in [0.5, 0.6) is 5.75 Å². The predicted molar refractivity (Wildman–Crippen MR) is 95.8 cm³/mol. The number of rotatable bonds is 9. The van der Waals surface area contributed by atoms with Gasteiger partial charge >= 0.3 is 0 Å². The van der Waals surface area contributed by atoms with Gasteiger partial charge in [-0.15, -0.1) is 0 Å². The molecule has 1 aromatic carbocycles. The molecule has 144 valence electrons. The molecule has 0 atom stereocenters. The first-order valence-corrected chi connectivity index (χ1v) is 8.11. The Kier molecular flexibility index (Phi) is 7.32. The molecule has 0 spiro atoms. The molecule has 2 N–H and O–H groups in total. The molecule has 0 aliphatic rings. The Balaban J connectivity index is 1.70. The lowest BCUT2D eigenvalue weighted by molar-refractivity contribution is -0.385. The zero-order chi connectivity index (χ0) is 19.6. The number of carbonyl (C=O) groups is 1. The largest absolute Gasteiger partial charge is 0.491 e. The van der Waals surface area contributed by atoms with Gasteiger partial charge in [0.25, 0.3) is 5.69 Å². The maximum absolute atomic E-state index is 10.9. The number of pyridine rings is 1. The second-order valence-electron chi connectivity index (χ2n) is 5.39. The first kappa shape index (κ1) is 19.9. The summed E-state index contributed by atoms with van der Waals surface area (Å²) in [5, 5.41) is 22.9. The van der Waals surface area contributed by atoms with E-state index in [1.54, 1.807) is 24.3 Å². The van der Waals surface area contributed by atoms with Gasteiger partial charge in [0.1, 0.15) is 12.4 Å². The number of ether oxygens (including phenoxy) is 2. The van der Waals surface area contributed by atoms with Gasteiger partial charge in [-0.2, -0.15) is 4.73 Å². The van der Waals surface area contributed by atoms with Gasteiger partial charge in [0.05, 0.1) is 36.9 Å². The van der Waals surface area contributed by atoms with Crippen LogP contribution in [0.3, 0.4) is 0 Å². The minimum absolute atomic E-state index is 0.0725. The lowest BCUT2D eigenvalue weighted by Crippen LogP contribution is -2.19. The smallest absolute Gasteiger partial charge is 0.274 e. The minimum atomic E-state index is -0.560. The summed E-state index contributed by atoms with van der Waals surface area (Å²) in [4.78, 5) is 25.1. The summed E-state index contributed by atoms with van der Waals surface area (Å²) in [5.74, 6) is 0.509.